The third-order valence-electron chi connectivity index (χ3n) is 4.75. The van der Waals surface area contributed by atoms with Crippen molar-refractivity contribution in [3.63, 3.8) is 0 Å². The Kier molecular flexibility index (Phi) is 6.02. The molecule has 2 aromatic carbocycles. The standard InChI is InChI=1S/C21H24N2O3/c24-20(23-12-11-19(15-23)21(25)26)16-22(13-17-7-3-1-4-8-17)14-18-9-5-2-6-10-18/h1-10,19H,11-16H2,(H,25,26). The number of benzene rings is 2. The van der Waals surface area contributed by atoms with E-state index in [1.165, 1.54) is 0 Å². The second kappa shape index (κ2) is 8.63. The Balaban J connectivity index is 1.66. The molecule has 1 aliphatic heterocycles. The van der Waals surface area contributed by atoms with Crippen LogP contribution in [-0.4, -0.2) is 46.4 Å². The molecule has 5 nitrogen and oxygen atoms in total. The van der Waals surface area contributed by atoms with Gasteiger partial charge in [0.1, 0.15) is 0 Å². The van der Waals surface area contributed by atoms with Gasteiger partial charge in [-0.2, -0.15) is 0 Å². The van der Waals surface area contributed by atoms with Gasteiger partial charge < -0.3 is 10.0 Å². The molecule has 0 aromatic heterocycles. The molecule has 1 N–H and O–H groups in total. The zero-order chi connectivity index (χ0) is 18.4. The summed E-state index contributed by atoms with van der Waals surface area (Å²) in [4.78, 5) is 27.6. The first-order chi connectivity index (χ1) is 12.6. The average molecular weight is 352 g/mol. The molecule has 5 heteroatoms. The number of carboxylic acids is 1. The lowest BCUT2D eigenvalue weighted by Gasteiger charge is -2.25. The highest BCUT2D eigenvalue weighted by molar-refractivity contribution is 5.80. The Hall–Kier alpha value is -2.66. The van der Waals surface area contributed by atoms with E-state index < -0.39 is 11.9 Å². The quantitative estimate of drug-likeness (QED) is 0.832. The van der Waals surface area contributed by atoms with Gasteiger partial charge in [-0.05, 0) is 17.5 Å². The highest BCUT2D eigenvalue weighted by Gasteiger charge is 2.31. The minimum atomic E-state index is -0.814. The van der Waals surface area contributed by atoms with Crippen LogP contribution in [0.1, 0.15) is 17.5 Å². The van der Waals surface area contributed by atoms with Gasteiger partial charge in [0.2, 0.25) is 5.91 Å². The summed E-state index contributed by atoms with van der Waals surface area (Å²) in [5.41, 5.74) is 2.31. The molecule has 0 aliphatic carbocycles. The Morgan fingerprint density at radius 1 is 0.962 bits per heavy atom. The highest BCUT2D eigenvalue weighted by atomic mass is 16.4. The highest BCUT2D eigenvalue weighted by Crippen LogP contribution is 2.17. The van der Waals surface area contributed by atoms with Crippen molar-refractivity contribution in [3.05, 3.63) is 71.8 Å². The zero-order valence-corrected chi connectivity index (χ0v) is 14.8. The number of aliphatic carboxylic acids is 1. The van der Waals surface area contributed by atoms with Crippen molar-refractivity contribution in [2.75, 3.05) is 19.6 Å². The third kappa shape index (κ3) is 4.92. The molecule has 0 bridgehead atoms. The van der Waals surface area contributed by atoms with Gasteiger partial charge in [0.15, 0.2) is 0 Å². The van der Waals surface area contributed by atoms with Crippen molar-refractivity contribution < 1.29 is 14.7 Å². The first-order valence-electron chi connectivity index (χ1n) is 8.92. The number of likely N-dealkylation sites (tertiary alicyclic amines) is 1. The molecule has 1 saturated heterocycles. The van der Waals surface area contributed by atoms with Gasteiger partial charge in [-0.15, -0.1) is 0 Å². The topological polar surface area (TPSA) is 60.9 Å². The number of nitrogens with zero attached hydrogens (tertiary/aromatic N) is 2. The van der Waals surface area contributed by atoms with Crippen molar-refractivity contribution in [1.29, 1.82) is 0 Å². The summed E-state index contributed by atoms with van der Waals surface area (Å²) in [5, 5.41) is 9.14. The van der Waals surface area contributed by atoms with Crippen LogP contribution in [0.3, 0.4) is 0 Å². The monoisotopic (exact) mass is 352 g/mol. The number of amides is 1. The Labute approximate surface area is 153 Å². The molecule has 1 heterocycles. The summed E-state index contributed by atoms with van der Waals surface area (Å²) in [7, 11) is 0. The molecule has 26 heavy (non-hydrogen) atoms. The second-order valence-corrected chi connectivity index (χ2v) is 6.78. The van der Waals surface area contributed by atoms with Crippen molar-refractivity contribution in [2.45, 2.75) is 19.5 Å². The normalized spacial score (nSPS) is 16.8. The minimum absolute atomic E-state index is 0.000567. The number of hydrogen-bond donors (Lipinski definition) is 1. The number of hydrogen-bond acceptors (Lipinski definition) is 3. The van der Waals surface area contributed by atoms with E-state index in [4.69, 9.17) is 5.11 Å². The first-order valence-corrected chi connectivity index (χ1v) is 8.92. The van der Waals surface area contributed by atoms with Crippen LogP contribution in [0.2, 0.25) is 0 Å². The molecular formula is C21H24N2O3. The summed E-state index contributed by atoms with van der Waals surface area (Å²) < 4.78 is 0. The Bertz CT molecular complexity index is 692. The summed E-state index contributed by atoms with van der Waals surface area (Å²) in [6.45, 7) is 2.49. The molecule has 1 atom stereocenters. The third-order valence-corrected chi connectivity index (χ3v) is 4.75. The summed E-state index contributed by atoms with van der Waals surface area (Å²) in [6.07, 6.45) is 0.540. The van der Waals surface area contributed by atoms with E-state index >= 15 is 0 Å². The van der Waals surface area contributed by atoms with Gasteiger partial charge in [-0.3, -0.25) is 14.5 Å². The molecule has 0 radical (unpaired) electrons. The van der Waals surface area contributed by atoms with Crippen LogP contribution in [-0.2, 0) is 22.7 Å². The zero-order valence-electron chi connectivity index (χ0n) is 14.8. The van der Waals surface area contributed by atoms with E-state index in [0.717, 1.165) is 11.1 Å². The van der Waals surface area contributed by atoms with Crippen molar-refractivity contribution >= 4 is 11.9 Å². The number of carbonyl (C=O) groups is 2. The smallest absolute Gasteiger partial charge is 0.308 e. The van der Waals surface area contributed by atoms with Crippen LogP contribution in [0.25, 0.3) is 0 Å². The molecule has 1 fully saturated rings. The maximum atomic E-state index is 12.7. The van der Waals surface area contributed by atoms with Crippen LogP contribution in [0.15, 0.2) is 60.7 Å². The maximum Gasteiger partial charge on any atom is 0.308 e. The fraction of sp³-hybridized carbons (Fsp3) is 0.333. The van der Waals surface area contributed by atoms with Crippen LogP contribution < -0.4 is 0 Å². The summed E-state index contributed by atoms with van der Waals surface area (Å²) in [5.74, 6) is -1.25. The maximum absolute atomic E-state index is 12.7. The van der Waals surface area contributed by atoms with E-state index in [0.29, 0.717) is 32.6 Å². The molecule has 0 spiro atoms. The van der Waals surface area contributed by atoms with Crippen molar-refractivity contribution in [2.24, 2.45) is 5.92 Å². The van der Waals surface area contributed by atoms with Gasteiger partial charge in [0, 0.05) is 26.2 Å². The Morgan fingerprint density at radius 3 is 1.96 bits per heavy atom. The van der Waals surface area contributed by atoms with Crippen LogP contribution in [0, 0.1) is 5.92 Å². The first kappa shape index (κ1) is 18.1. The van der Waals surface area contributed by atoms with Gasteiger partial charge >= 0.3 is 5.97 Å². The lowest BCUT2D eigenvalue weighted by Crippen LogP contribution is -2.39. The van der Waals surface area contributed by atoms with Crippen molar-refractivity contribution in [1.82, 2.24) is 9.80 Å². The van der Waals surface area contributed by atoms with Crippen molar-refractivity contribution in [3.8, 4) is 0 Å². The van der Waals surface area contributed by atoms with E-state index in [-0.39, 0.29) is 12.5 Å². The fourth-order valence-corrected chi connectivity index (χ4v) is 3.33. The average Bonchev–Trinajstić information content (AvgIpc) is 3.14. The van der Waals surface area contributed by atoms with Crippen LogP contribution >= 0.6 is 0 Å². The van der Waals surface area contributed by atoms with E-state index in [9.17, 15) is 9.59 Å². The van der Waals surface area contributed by atoms with Gasteiger partial charge in [-0.1, -0.05) is 60.7 Å². The molecule has 2 aromatic rings. The van der Waals surface area contributed by atoms with E-state index in [1.807, 2.05) is 36.4 Å². The summed E-state index contributed by atoms with van der Waals surface area (Å²) >= 11 is 0. The lowest BCUT2D eigenvalue weighted by molar-refractivity contribution is -0.141. The molecule has 3 rings (SSSR count). The van der Waals surface area contributed by atoms with E-state index in [2.05, 4.69) is 29.2 Å². The van der Waals surface area contributed by atoms with Gasteiger partial charge in [-0.25, -0.2) is 0 Å². The molecular weight excluding hydrogens is 328 g/mol. The number of rotatable bonds is 7. The predicted octanol–water partition coefficient (Wildman–Crippen LogP) is 2.62. The predicted molar refractivity (Wildman–Crippen MR) is 99.3 cm³/mol. The van der Waals surface area contributed by atoms with Gasteiger partial charge in [0.25, 0.3) is 0 Å². The molecule has 1 aliphatic rings. The molecule has 0 saturated carbocycles. The van der Waals surface area contributed by atoms with Crippen LogP contribution in [0.4, 0.5) is 0 Å². The molecule has 1 unspecified atom stereocenters. The minimum Gasteiger partial charge on any atom is -0.481 e. The number of carbonyl (C=O) groups excluding carboxylic acids is 1. The molecule has 136 valence electrons. The molecule has 1 amide bonds. The van der Waals surface area contributed by atoms with Crippen LogP contribution in [0.5, 0.6) is 0 Å². The number of carboxylic acid groups (broad SMARTS) is 1. The largest absolute Gasteiger partial charge is 0.481 e. The fourth-order valence-electron chi connectivity index (χ4n) is 3.33. The van der Waals surface area contributed by atoms with E-state index in [1.54, 1.807) is 4.90 Å². The SMILES string of the molecule is O=C(O)C1CCN(C(=O)CN(Cc2ccccc2)Cc2ccccc2)C1. The Morgan fingerprint density at radius 2 is 1.50 bits per heavy atom. The van der Waals surface area contributed by atoms with Gasteiger partial charge in [0.05, 0.1) is 12.5 Å². The second-order valence-electron chi connectivity index (χ2n) is 6.78. The summed E-state index contributed by atoms with van der Waals surface area (Å²) in [6, 6.07) is 20.2. The lowest BCUT2D eigenvalue weighted by atomic mass is 10.1.